The van der Waals surface area contributed by atoms with Crippen LogP contribution in [0.5, 0.6) is 5.75 Å². The topological polar surface area (TPSA) is 26.3 Å². The van der Waals surface area contributed by atoms with Crippen LogP contribution in [0, 0.1) is 3.57 Å². The van der Waals surface area contributed by atoms with E-state index in [1.807, 2.05) is 18.2 Å². The molecular weight excluding hydrogens is 359 g/mol. The number of alkyl halides is 1. The van der Waals surface area contributed by atoms with Crippen LogP contribution in [0.1, 0.15) is 5.56 Å². The third kappa shape index (κ3) is 3.57. The molecule has 4 heteroatoms. The number of ether oxygens (including phenoxy) is 1. The van der Waals surface area contributed by atoms with E-state index in [1.54, 1.807) is 7.11 Å². The van der Waals surface area contributed by atoms with Crippen LogP contribution in [0.15, 0.2) is 18.2 Å². The lowest BCUT2D eigenvalue weighted by Crippen LogP contribution is -2.03. The van der Waals surface area contributed by atoms with Gasteiger partial charge < -0.3 is 4.74 Å². The Morgan fingerprint density at radius 1 is 1.50 bits per heavy atom. The number of ketones is 1. The van der Waals surface area contributed by atoms with Crippen LogP contribution in [0.2, 0.25) is 0 Å². The summed E-state index contributed by atoms with van der Waals surface area (Å²) in [5.41, 5.74) is 0.998. The molecule has 0 N–H and O–H groups in total. The van der Waals surface area contributed by atoms with E-state index in [2.05, 4.69) is 38.5 Å². The molecule has 0 saturated carbocycles. The van der Waals surface area contributed by atoms with Gasteiger partial charge in [-0.1, -0.05) is 15.9 Å². The number of Topliss-reactive ketones (excluding diaryl/α,β-unsaturated/α-hetero) is 1. The van der Waals surface area contributed by atoms with Gasteiger partial charge in [0.2, 0.25) is 0 Å². The maximum Gasteiger partial charge on any atom is 0.147 e. The number of benzene rings is 1. The van der Waals surface area contributed by atoms with Crippen molar-refractivity contribution in [2.45, 2.75) is 6.42 Å². The van der Waals surface area contributed by atoms with Crippen molar-refractivity contribution in [2.24, 2.45) is 0 Å². The standard InChI is InChI=1S/C10H10BrIO2/c1-14-10-4-7(2-8(12)5-10)3-9(13)6-11/h2,4-5H,3,6H2,1H3. The molecule has 1 aromatic rings. The third-order valence-corrected chi connectivity index (χ3v) is 2.97. The van der Waals surface area contributed by atoms with E-state index in [-0.39, 0.29) is 5.78 Å². The first-order chi connectivity index (χ1) is 6.65. The van der Waals surface area contributed by atoms with Crippen molar-refractivity contribution in [1.82, 2.24) is 0 Å². The van der Waals surface area contributed by atoms with E-state index in [0.717, 1.165) is 14.9 Å². The quantitative estimate of drug-likeness (QED) is 0.603. The van der Waals surface area contributed by atoms with E-state index in [9.17, 15) is 4.79 Å². The second-order valence-corrected chi connectivity index (χ2v) is 4.65. The zero-order valence-corrected chi connectivity index (χ0v) is 11.5. The van der Waals surface area contributed by atoms with Gasteiger partial charge in [0, 0.05) is 9.99 Å². The third-order valence-electron chi connectivity index (χ3n) is 1.72. The summed E-state index contributed by atoms with van der Waals surface area (Å²) in [4.78, 5) is 11.2. The van der Waals surface area contributed by atoms with Gasteiger partial charge in [0.15, 0.2) is 0 Å². The number of halogens is 2. The molecule has 0 radical (unpaired) electrons. The Hall–Kier alpha value is -0.100. The van der Waals surface area contributed by atoms with Crippen molar-refractivity contribution >= 4 is 44.3 Å². The van der Waals surface area contributed by atoms with Crippen LogP contribution >= 0.6 is 38.5 Å². The number of carbonyl (C=O) groups is 1. The molecule has 1 aromatic carbocycles. The van der Waals surface area contributed by atoms with Crippen molar-refractivity contribution in [2.75, 3.05) is 12.4 Å². The summed E-state index contributed by atoms with van der Waals surface area (Å²) in [5.74, 6) is 0.975. The molecule has 0 aromatic heterocycles. The maximum absolute atomic E-state index is 11.2. The van der Waals surface area contributed by atoms with Crippen molar-refractivity contribution in [3.63, 3.8) is 0 Å². The lowest BCUT2D eigenvalue weighted by molar-refractivity contribution is -0.115. The summed E-state index contributed by atoms with van der Waals surface area (Å²) in [7, 11) is 1.63. The lowest BCUT2D eigenvalue weighted by Gasteiger charge is -2.04. The molecule has 2 nitrogen and oxygen atoms in total. The molecule has 0 fully saturated rings. The van der Waals surface area contributed by atoms with Gasteiger partial charge >= 0.3 is 0 Å². The molecule has 0 aliphatic carbocycles. The molecule has 0 aliphatic rings. The van der Waals surface area contributed by atoms with Gasteiger partial charge in [0.1, 0.15) is 11.5 Å². The molecule has 0 aliphatic heterocycles. The van der Waals surface area contributed by atoms with Crippen LogP contribution in [0.4, 0.5) is 0 Å². The highest BCUT2D eigenvalue weighted by Crippen LogP contribution is 2.19. The lowest BCUT2D eigenvalue weighted by atomic mass is 10.1. The first-order valence-electron chi connectivity index (χ1n) is 4.07. The largest absolute Gasteiger partial charge is 0.497 e. The van der Waals surface area contributed by atoms with Gasteiger partial charge in [0.25, 0.3) is 0 Å². The molecule has 14 heavy (non-hydrogen) atoms. The molecule has 0 atom stereocenters. The molecule has 0 amide bonds. The predicted molar refractivity (Wildman–Crippen MR) is 68.2 cm³/mol. The van der Waals surface area contributed by atoms with Gasteiger partial charge in [-0.3, -0.25) is 4.79 Å². The van der Waals surface area contributed by atoms with E-state index < -0.39 is 0 Å². The fourth-order valence-electron chi connectivity index (χ4n) is 1.12. The number of hydrogen-bond acceptors (Lipinski definition) is 2. The first-order valence-corrected chi connectivity index (χ1v) is 6.27. The number of rotatable bonds is 4. The average molecular weight is 369 g/mol. The monoisotopic (exact) mass is 368 g/mol. The Labute approximate surface area is 105 Å². The van der Waals surface area contributed by atoms with E-state index in [1.165, 1.54) is 0 Å². The van der Waals surface area contributed by atoms with Crippen LogP contribution in [0.25, 0.3) is 0 Å². The van der Waals surface area contributed by atoms with Gasteiger partial charge in [-0.05, 0) is 46.4 Å². The highest BCUT2D eigenvalue weighted by Gasteiger charge is 2.04. The summed E-state index contributed by atoms with van der Waals surface area (Å²) >= 11 is 5.35. The fraction of sp³-hybridized carbons (Fsp3) is 0.300. The van der Waals surface area contributed by atoms with Gasteiger partial charge in [-0.2, -0.15) is 0 Å². The average Bonchev–Trinajstić information content (AvgIpc) is 2.16. The van der Waals surface area contributed by atoms with Crippen molar-refractivity contribution in [1.29, 1.82) is 0 Å². The minimum Gasteiger partial charge on any atom is -0.497 e. The maximum atomic E-state index is 11.2. The summed E-state index contributed by atoms with van der Waals surface area (Å²) in [5, 5.41) is 0.404. The van der Waals surface area contributed by atoms with Gasteiger partial charge in [-0.25, -0.2) is 0 Å². The molecule has 1 rings (SSSR count). The Kier molecular flexibility index (Phi) is 4.88. The molecule has 0 unspecified atom stereocenters. The first kappa shape index (κ1) is 12.0. The predicted octanol–water partition coefficient (Wildman–Crippen LogP) is 2.81. The summed E-state index contributed by atoms with van der Waals surface area (Å²) in [6.45, 7) is 0. The van der Waals surface area contributed by atoms with Crippen molar-refractivity contribution in [3.8, 4) is 5.75 Å². The number of hydrogen-bond donors (Lipinski definition) is 0. The minimum atomic E-state index is 0.175. The van der Waals surface area contributed by atoms with Gasteiger partial charge in [-0.15, -0.1) is 0 Å². The smallest absolute Gasteiger partial charge is 0.147 e. The van der Waals surface area contributed by atoms with E-state index in [4.69, 9.17) is 4.74 Å². The molecule has 0 spiro atoms. The zero-order valence-electron chi connectivity index (χ0n) is 7.72. The van der Waals surface area contributed by atoms with Crippen LogP contribution in [-0.4, -0.2) is 18.2 Å². The molecule has 0 saturated heterocycles. The highest BCUT2D eigenvalue weighted by atomic mass is 127. The van der Waals surface area contributed by atoms with E-state index >= 15 is 0 Å². The summed E-state index contributed by atoms with van der Waals surface area (Å²) in [6.07, 6.45) is 0.457. The Bertz CT molecular complexity index is 339. The van der Waals surface area contributed by atoms with Crippen molar-refractivity contribution < 1.29 is 9.53 Å². The van der Waals surface area contributed by atoms with E-state index in [0.29, 0.717) is 11.8 Å². The number of carbonyl (C=O) groups excluding carboxylic acids is 1. The molecule has 0 heterocycles. The normalized spacial score (nSPS) is 9.93. The minimum absolute atomic E-state index is 0.175. The fourth-order valence-corrected chi connectivity index (χ4v) is 2.02. The van der Waals surface area contributed by atoms with Crippen molar-refractivity contribution in [3.05, 3.63) is 27.3 Å². The Morgan fingerprint density at radius 2 is 2.21 bits per heavy atom. The van der Waals surface area contributed by atoms with Crippen LogP contribution in [-0.2, 0) is 11.2 Å². The Balaban J connectivity index is 2.86. The Morgan fingerprint density at radius 3 is 2.79 bits per heavy atom. The summed E-state index contributed by atoms with van der Waals surface area (Å²) in [6, 6.07) is 5.81. The highest BCUT2D eigenvalue weighted by molar-refractivity contribution is 14.1. The summed E-state index contributed by atoms with van der Waals surface area (Å²) < 4.78 is 6.21. The second-order valence-electron chi connectivity index (χ2n) is 2.85. The van der Waals surface area contributed by atoms with Crippen LogP contribution in [0.3, 0.4) is 0 Å². The molecule has 76 valence electrons. The molecule has 0 bridgehead atoms. The molecular formula is C10H10BrIO2. The number of methoxy groups -OCH3 is 1. The van der Waals surface area contributed by atoms with Gasteiger partial charge in [0.05, 0.1) is 12.4 Å². The van der Waals surface area contributed by atoms with Crippen LogP contribution < -0.4 is 4.74 Å². The zero-order chi connectivity index (χ0) is 10.6. The SMILES string of the molecule is COc1cc(I)cc(CC(=O)CBr)c1. The second kappa shape index (κ2) is 5.70.